The summed E-state index contributed by atoms with van der Waals surface area (Å²) in [5.74, 6) is 0.281. The maximum absolute atomic E-state index is 13.3. The minimum atomic E-state index is -0.361. The van der Waals surface area contributed by atoms with Crippen molar-refractivity contribution >= 4 is 11.8 Å². The molecule has 1 N–H and O–H groups in total. The molecule has 2 fully saturated rings. The standard InChI is InChI=1S/C19H30N4O2/c1-14-11-20-22(12-14)13-17-9-5-6-10-23(17)19(25)18(21-15(2)24)16-7-3-4-8-16/h11-12,16-18H,3-10,13H2,1-2H3,(H,21,24). The summed E-state index contributed by atoms with van der Waals surface area (Å²) in [7, 11) is 0. The number of piperidine rings is 1. The van der Waals surface area contributed by atoms with Gasteiger partial charge in [-0.15, -0.1) is 0 Å². The highest BCUT2D eigenvalue weighted by molar-refractivity contribution is 5.87. The van der Waals surface area contributed by atoms with E-state index in [2.05, 4.69) is 10.4 Å². The molecular weight excluding hydrogens is 316 g/mol. The van der Waals surface area contributed by atoms with Gasteiger partial charge in [-0.25, -0.2) is 0 Å². The molecule has 1 aromatic rings. The first-order valence-corrected chi connectivity index (χ1v) is 9.61. The molecule has 0 spiro atoms. The molecule has 1 aromatic heterocycles. The maximum atomic E-state index is 13.3. The van der Waals surface area contributed by atoms with Crippen LogP contribution in [0.2, 0.25) is 0 Å². The molecule has 1 aliphatic heterocycles. The van der Waals surface area contributed by atoms with Gasteiger partial charge in [0.05, 0.1) is 18.8 Å². The Balaban J connectivity index is 1.74. The Hall–Kier alpha value is -1.85. The third-order valence-corrected chi connectivity index (χ3v) is 5.57. The number of hydrogen-bond donors (Lipinski definition) is 1. The van der Waals surface area contributed by atoms with E-state index in [0.717, 1.165) is 63.6 Å². The normalized spacial score (nSPS) is 22.8. The van der Waals surface area contributed by atoms with E-state index >= 15 is 0 Å². The second-order valence-electron chi connectivity index (χ2n) is 7.64. The average Bonchev–Trinajstić information content (AvgIpc) is 3.24. The first-order valence-electron chi connectivity index (χ1n) is 9.61. The predicted octanol–water partition coefficient (Wildman–Crippen LogP) is 2.27. The summed E-state index contributed by atoms with van der Waals surface area (Å²) in [6.07, 6.45) is 11.4. The fourth-order valence-electron chi connectivity index (χ4n) is 4.33. The molecule has 6 heteroatoms. The summed E-state index contributed by atoms with van der Waals surface area (Å²) in [6, 6.07) is -0.196. The maximum Gasteiger partial charge on any atom is 0.245 e. The lowest BCUT2D eigenvalue weighted by Crippen LogP contribution is -2.56. The van der Waals surface area contributed by atoms with Gasteiger partial charge in [-0.1, -0.05) is 12.8 Å². The Bertz CT molecular complexity index is 606. The zero-order valence-corrected chi connectivity index (χ0v) is 15.4. The van der Waals surface area contributed by atoms with Gasteiger partial charge in [0.2, 0.25) is 11.8 Å². The number of nitrogens with zero attached hydrogens (tertiary/aromatic N) is 3. The molecule has 0 bridgehead atoms. The van der Waals surface area contributed by atoms with Gasteiger partial charge in [-0.2, -0.15) is 5.10 Å². The summed E-state index contributed by atoms with van der Waals surface area (Å²) < 4.78 is 1.94. The monoisotopic (exact) mass is 346 g/mol. The number of amides is 2. The third kappa shape index (κ3) is 4.41. The SMILES string of the molecule is CC(=O)NC(C(=O)N1CCCCC1Cn1cc(C)cn1)C1CCCC1. The van der Waals surface area contributed by atoms with Crippen molar-refractivity contribution in [3.63, 3.8) is 0 Å². The molecule has 2 aliphatic rings. The van der Waals surface area contributed by atoms with Gasteiger partial charge in [0.15, 0.2) is 0 Å². The van der Waals surface area contributed by atoms with Crippen LogP contribution in [0.15, 0.2) is 12.4 Å². The molecule has 3 rings (SSSR count). The van der Waals surface area contributed by atoms with Gasteiger partial charge in [0, 0.05) is 19.7 Å². The summed E-state index contributed by atoms with van der Waals surface area (Å²) in [4.78, 5) is 27.0. The molecule has 2 amide bonds. The number of aromatic nitrogens is 2. The van der Waals surface area contributed by atoms with Crippen molar-refractivity contribution < 1.29 is 9.59 Å². The number of rotatable bonds is 5. The van der Waals surface area contributed by atoms with Crippen molar-refractivity contribution in [1.29, 1.82) is 0 Å². The second-order valence-corrected chi connectivity index (χ2v) is 7.64. The molecular formula is C19H30N4O2. The molecule has 1 aliphatic carbocycles. The van der Waals surface area contributed by atoms with Crippen LogP contribution in [0.3, 0.4) is 0 Å². The average molecular weight is 346 g/mol. The summed E-state index contributed by atoms with van der Waals surface area (Å²) >= 11 is 0. The molecule has 1 saturated carbocycles. The third-order valence-electron chi connectivity index (χ3n) is 5.57. The lowest BCUT2D eigenvalue weighted by molar-refractivity contribution is -0.141. The van der Waals surface area contributed by atoms with Gasteiger partial charge in [-0.3, -0.25) is 14.3 Å². The number of carbonyl (C=O) groups is 2. The Labute approximate surface area is 149 Å². The molecule has 2 unspecified atom stereocenters. The second kappa shape index (κ2) is 8.02. The largest absolute Gasteiger partial charge is 0.344 e. The van der Waals surface area contributed by atoms with Crippen molar-refractivity contribution in [2.75, 3.05) is 6.54 Å². The van der Waals surface area contributed by atoms with E-state index in [1.807, 2.05) is 28.9 Å². The van der Waals surface area contributed by atoms with Crippen molar-refractivity contribution in [2.45, 2.75) is 77.4 Å². The Morgan fingerprint density at radius 1 is 1.24 bits per heavy atom. The molecule has 0 radical (unpaired) electrons. The zero-order chi connectivity index (χ0) is 17.8. The molecule has 25 heavy (non-hydrogen) atoms. The molecule has 2 atom stereocenters. The van der Waals surface area contributed by atoms with E-state index in [-0.39, 0.29) is 29.8 Å². The van der Waals surface area contributed by atoms with E-state index in [1.54, 1.807) is 0 Å². The highest BCUT2D eigenvalue weighted by atomic mass is 16.2. The van der Waals surface area contributed by atoms with Crippen LogP contribution in [0, 0.1) is 12.8 Å². The van der Waals surface area contributed by atoms with Crippen LogP contribution in [0.25, 0.3) is 0 Å². The summed E-state index contributed by atoms with van der Waals surface area (Å²) in [5.41, 5.74) is 1.13. The number of likely N-dealkylation sites (tertiary alicyclic amines) is 1. The Morgan fingerprint density at radius 3 is 2.60 bits per heavy atom. The molecule has 2 heterocycles. The van der Waals surface area contributed by atoms with Crippen LogP contribution in [0.1, 0.15) is 57.4 Å². The van der Waals surface area contributed by atoms with E-state index < -0.39 is 0 Å². The van der Waals surface area contributed by atoms with Crippen LogP contribution in [-0.4, -0.2) is 45.1 Å². The number of hydrogen-bond acceptors (Lipinski definition) is 3. The molecule has 138 valence electrons. The van der Waals surface area contributed by atoms with Gasteiger partial charge >= 0.3 is 0 Å². The van der Waals surface area contributed by atoms with Gasteiger partial charge < -0.3 is 10.2 Å². The smallest absolute Gasteiger partial charge is 0.245 e. The van der Waals surface area contributed by atoms with E-state index in [4.69, 9.17) is 0 Å². The number of nitrogens with one attached hydrogen (secondary N) is 1. The van der Waals surface area contributed by atoms with Crippen LogP contribution in [-0.2, 0) is 16.1 Å². The first kappa shape index (κ1) is 18.0. The number of aryl methyl sites for hydroxylation is 1. The fraction of sp³-hybridized carbons (Fsp3) is 0.737. The first-order chi connectivity index (χ1) is 12.0. The Morgan fingerprint density at radius 2 is 1.96 bits per heavy atom. The van der Waals surface area contributed by atoms with Crippen molar-refractivity contribution in [2.24, 2.45) is 5.92 Å². The fourth-order valence-corrected chi connectivity index (χ4v) is 4.33. The lowest BCUT2D eigenvalue weighted by atomic mass is 9.94. The highest BCUT2D eigenvalue weighted by Crippen LogP contribution is 2.30. The van der Waals surface area contributed by atoms with Crippen LogP contribution in [0.5, 0.6) is 0 Å². The number of carbonyl (C=O) groups excluding carboxylic acids is 2. The van der Waals surface area contributed by atoms with Crippen LogP contribution in [0.4, 0.5) is 0 Å². The van der Waals surface area contributed by atoms with Gasteiger partial charge in [0.1, 0.15) is 6.04 Å². The zero-order valence-electron chi connectivity index (χ0n) is 15.4. The molecule has 0 aromatic carbocycles. The summed E-state index contributed by atoms with van der Waals surface area (Å²) in [5, 5.41) is 7.34. The van der Waals surface area contributed by atoms with Crippen LogP contribution >= 0.6 is 0 Å². The minimum Gasteiger partial charge on any atom is -0.344 e. The quantitative estimate of drug-likeness (QED) is 0.889. The lowest BCUT2D eigenvalue weighted by Gasteiger charge is -2.39. The van der Waals surface area contributed by atoms with Crippen molar-refractivity contribution in [3.8, 4) is 0 Å². The molecule has 1 saturated heterocycles. The Kier molecular flexibility index (Phi) is 5.76. The van der Waals surface area contributed by atoms with Crippen molar-refractivity contribution in [3.05, 3.63) is 18.0 Å². The van der Waals surface area contributed by atoms with Gasteiger partial charge in [0.25, 0.3) is 0 Å². The van der Waals surface area contributed by atoms with E-state index in [0.29, 0.717) is 0 Å². The predicted molar refractivity (Wildman–Crippen MR) is 95.9 cm³/mol. The molecule has 6 nitrogen and oxygen atoms in total. The van der Waals surface area contributed by atoms with Crippen molar-refractivity contribution in [1.82, 2.24) is 20.0 Å². The minimum absolute atomic E-state index is 0.107. The van der Waals surface area contributed by atoms with E-state index in [1.165, 1.54) is 6.92 Å². The summed E-state index contributed by atoms with van der Waals surface area (Å²) in [6.45, 7) is 5.05. The highest BCUT2D eigenvalue weighted by Gasteiger charge is 2.37. The van der Waals surface area contributed by atoms with E-state index in [9.17, 15) is 9.59 Å². The van der Waals surface area contributed by atoms with Crippen LogP contribution < -0.4 is 5.32 Å². The topological polar surface area (TPSA) is 67.2 Å². The van der Waals surface area contributed by atoms with Gasteiger partial charge in [-0.05, 0) is 50.5 Å².